The molecule has 1 fully saturated rings. The van der Waals surface area contributed by atoms with Crippen LogP contribution in [0.3, 0.4) is 0 Å². The quantitative estimate of drug-likeness (QED) is 0.787. The lowest BCUT2D eigenvalue weighted by atomic mass is 10.0. The Bertz CT molecular complexity index is 789. The van der Waals surface area contributed by atoms with Crippen molar-refractivity contribution in [3.63, 3.8) is 0 Å². The van der Waals surface area contributed by atoms with E-state index in [1.165, 1.54) is 12.1 Å². The van der Waals surface area contributed by atoms with E-state index in [2.05, 4.69) is 55.6 Å². The second-order valence-corrected chi connectivity index (χ2v) is 7.37. The summed E-state index contributed by atoms with van der Waals surface area (Å²) < 4.78 is 2.23. The zero-order valence-corrected chi connectivity index (χ0v) is 16.3. The first-order valence-electron chi connectivity index (χ1n) is 9.35. The van der Waals surface area contributed by atoms with E-state index in [0.717, 1.165) is 36.5 Å². The van der Waals surface area contributed by atoms with Crippen molar-refractivity contribution in [1.29, 1.82) is 0 Å². The summed E-state index contributed by atoms with van der Waals surface area (Å²) >= 11 is 0. The van der Waals surface area contributed by atoms with Gasteiger partial charge in [-0.15, -0.1) is 0 Å². The molecule has 0 aliphatic carbocycles. The van der Waals surface area contributed by atoms with E-state index in [-0.39, 0.29) is 5.91 Å². The van der Waals surface area contributed by atoms with Gasteiger partial charge in [-0.2, -0.15) is 0 Å². The van der Waals surface area contributed by atoms with E-state index in [9.17, 15) is 4.79 Å². The summed E-state index contributed by atoms with van der Waals surface area (Å²) in [6.45, 7) is 5.88. The van der Waals surface area contributed by atoms with E-state index in [1.807, 2.05) is 29.2 Å². The van der Waals surface area contributed by atoms with Gasteiger partial charge in [-0.1, -0.05) is 18.2 Å². The van der Waals surface area contributed by atoms with Crippen molar-refractivity contribution in [2.75, 3.05) is 27.2 Å². The van der Waals surface area contributed by atoms with E-state index in [0.29, 0.717) is 6.04 Å². The number of likely N-dealkylation sites (tertiary alicyclic amines) is 1. The maximum absolute atomic E-state index is 12.6. The Morgan fingerprint density at radius 2 is 1.92 bits per heavy atom. The molecule has 1 unspecified atom stereocenters. The largest absolute Gasteiger partial charge is 0.338 e. The van der Waals surface area contributed by atoms with Gasteiger partial charge in [0.05, 0.1) is 0 Å². The summed E-state index contributed by atoms with van der Waals surface area (Å²) in [5.41, 5.74) is 4.58. The predicted molar refractivity (Wildman–Crippen MR) is 108 cm³/mol. The first-order chi connectivity index (χ1) is 12.5. The third-order valence-corrected chi connectivity index (χ3v) is 5.33. The number of hydrogen-bond acceptors (Lipinski definition) is 2. The van der Waals surface area contributed by atoms with Crippen LogP contribution >= 0.6 is 0 Å². The number of rotatable bonds is 4. The van der Waals surface area contributed by atoms with Crippen molar-refractivity contribution in [1.82, 2.24) is 14.4 Å². The maximum Gasteiger partial charge on any atom is 0.246 e. The van der Waals surface area contributed by atoms with Gasteiger partial charge >= 0.3 is 0 Å². The fraction of sp³-hybridized carbons (Fsp3) is 0.409. The second kappa shape index (κ2) is 7.92. The van der Waals surface area contributed by atoms with Gasteiger partial charge in [-0.3, -0.25) is 4.79 Å². The topological polar surface area (TPSA) is 28.5 Å². The van der Waals surface area contributed by atoms with Crippen LogP contribution in [0, 0.1) is 13.8 Å². The van der Waals surface area contributed by atoms with E-state index in [4.69, 9.17) is 0 Å². The molecule has 1 amide bonds. The molecule has 1 saturated heterocycles. The molecule has 1 aromatic heterocycles. The van der Waals surface area contributed by atoms with Gasteiger partial charge in [0, 0.05) is 42.3 Å². The van der Waals surface area contributed by atoms with Crippen LogP contribution in [-0.2, 0) is 4.79 Å². The molecule has 2 aromatic rings. The molecule has 26 heavy (non-hydrogen) atoms. The summed E-state index contributed by atoms with van der Waals surface area (Å²) in [5, 5.41) is 0. The Balaban J connectivity index is 1.76. The first kappa shape index (κ1) is 18.5. The van der Waals surface area contributed by atoms with Crippen molar-refractivity contribution in [3.05, 3.63) is 59.4 Å². The standard InChI is InChI=1S/C22H29N3O/c1-17-15-19(18(2)25(17)20-9-6-5-7-10-20)12-13-22(26)24-14-8-11-21(16-24)23(3)4/h5-7,9-10,12-13,15,21H,8,11,14,16H2,1-4H3/b13-12+. The van der Waals surface area contributed by atoms with Gasteiger partial charge in [-0.25, -0.2) is 0 Å². The Morgan fingerprint density at radius 1 is 1.19 bits per heavy atom. The molecule has 1 aliphatic heterocycles. The fourth-order valence-corrected chi connectivity index (χ4v) is 3.77. The molecule has 4 heteroatoms. The number of aryl methyl sites for hydroxylation is 1. The SMILES string of the molecule is Cc1cc(/C=C/C(=O)N2CCCC(N(C)C)C2)c(C)n1-c1ccccc1. The number of nitrogens with zero attached hydrogens (tertiary/aromatic N) is 3. The number of para-hydroxylation sites is 1. The summed E-state index contributed by atoms with van der Waals surface area (Å²) in [7, 11) is 4.18. The number of hydrogen-bond donors (Lipinski definition) is 0. The molecule has 138 valence electrons. The lowest BCUT2D eigenvalue weighted by molar-refractivity contribution is -0.127. The number of benzene rings is 1. The third-order valence-electron chi connectivity index (χ3n) is 5.33. The highest BCUT2D eigenvalue weighted by Gasteiger charge is 2.23. The fourth-order valence-electron chi connectivity index (χ4n) is 3.77. The minimum absolute atomic E-state index is 0.112. The monoisotopic (exact) mass is 351 g/mol. The Morgan fingerprint density at radius 3 is 2.62 bits per heavy atom. The van der Waals surface area contributed by atoms with Crippen molar-refractivity contribution < 1.29 is 4.79 Å². The molecule has 1 aromatic carbocycles. The number of likely N-dealkylation sites (N-methyl/N-ethyl adjacent to an activating group) is 1. The summed E-state index contributed by atoms with van der Waals surface area (Å²) in [5.74, 6) is 0.112. The summed E-state index contributed by atoms with van der Waals surface area (Å²) in [6, 6.07) is 12.9. The van der Waals surface area contributed by atoms with Gasteiger partial charge in [0.25, 0.3) is 0 Å². The molecule has 0 spiro atoms. The number of piperidine rings is 1. The summed E-state index contributed by atoms with van der Waals surface area (Å²) in [6.07, 6.45) is 5.93. The Hall–Kier alpha value is -2.33. The van der Waals surface area contributed by atoms with Crippen LogP contribution in [0.25, 0.3) is 11.8 Å². The second-order valence-electron chi connectivity index (χ2n) is 7.37. The highest BCUT2D eigenvalue weighted by molar-refractivity contribution is 5.92. The molecule has 0 N–H and O–H groups in total. The van der Waals surface area contributed by atoms with E-state index >= 15 is 0 Å². The zero-order valence-electron chi connectivity index (χ0n) is 16.3. The van der Waals surface area contributed by atoms with E-state index in [1.54, 1.807) is 6.08 Å². The number of amides is 1. The highest BCUT2D eigenvalue weighted by Crippen LogP contribution is 2.22. The summed E-state index contributed by atoms with van der Waals surface area (Å²) in [4.78, 5) is 16.8. The molecule has 1 atom stereocenters. The smallest absolute Gasteiger partial charge is 0.246 e. The van der Waals surface area contributed by atoms with Crippen molar-refractivity contribution >= 4 is 12.0 Å². The average molecular weight is 351 g/mol. The molecule has 2 heterocycles. The molecule has 3 rings (SSSR count). The number of carbonyl (C=O) groups is 1. The number of aromatic nitrogens is 1. The van der Waals surface area contributed by atoms with Crippen molar-refractivity contribution in [2.24, 2.45) is 0 Å². The normalized spacial score (nSPS) is 18.0. The molecular weight excluding hydrogens is 322 g/mol. The van der Waals surface area contributed by atoms with Gasteiger partial charge in [0.1, 0.15) is 0 Å². The van der Waals surface area contributed by atoms with Gasteiger partial charge in [-0.05, 0) is 70.6 Å². The van der Waals surface area contributed by atoms with Crippen LogP contribution in [0.2, 0.25) is 0 Å². The molecule has 0 bridgehead atoms. The van der Waals surface area contributed by atoms with Crippen LogP contribution in [0.4, 0.5) is 0 Å². The Labute approximate surface area is 156 Å². The van der Waals surface area contributed by atoms with Crippen LogP contribution < -0.4 is 0 Å². The lowest BCUT2D eigenvalue weighted by Crippen LogP contribution is -2.47. The third kappa shape index (κ3) is 3.91. The van der Waals surface area contributed by atoms with Crippen LogP contribution in [-0.4, -0.2) is 53.5 Å². The van der Waals surface area contributed by atoms with Gasteiger partial charge in [0.15, 0.2) is 0 Å². The maximum atomic E-state index is 12.6. The van der Waals surface area contributed by atoms with E-state index < -0.39 is 0 Å². The predicted octanol–water partition coefficient (Wildman–Crippen LogP) is 3.66. The zero-order chi connectivity index (χ0) is 18.7. The van der Waals surface area contributed by atoms with Gasteiger partial charge in [0.2, 0.25) is 5.91 Å². The van der Waals surface area contributed by atoms with Crippen LogP contribution in [0.1, 0.15) is 29.8 Å². The first-order valence-corrected chi connectivity index (χ1v) is 9.35. The number of carbonyl (C=O) groups excluding carboxylic acids is 1. The minimum atomic E-state index is 0.112. The van der Waals surface area contributed by atoms with Crippen LogP contribution in [0.15, 0.2) is 42.5 Å². The average Bonchev–Trinajstić information content (AvgIpc) is 2.94. The molecule has 0 radical (unpaired) electrons. The van der Waals surface area contributed by atoms with Crippen molar-refractivity contribution in [2.45, 2.75) is 32.7 Å². The molecule has 4 nitrogen and oxygen atoms in total. The van der Waals surface area contributed by atoms with Crippen molar-refractivity contribution in [3.8, 4) is 5.69 Å². The molecule has 1 aliphatic rings. The molecular formula is C22H29N3O. The van der Waals surface area contributed by atoms with Crippen LogP contribution in [0.5, 0.6) is 0 Å². The highest BCUT2D eigenvalue weighted by atomic mass is 16.2. The molecule has 0 saturated carbocycles. The lowest BCUT2D eigenvalue weighted by Gasteiger charge is -2.35. The minimum Gasteiger partial charge on any atom is -0.338 e. The van der Waals surface area contributed by atoms with Gasteiger partial charge < -0.3 is 14.4 Å². The Kier molecular flexibility index (Phi) is 5.62.